The molecule has 1 aromatic carbocycles. The highest BCUT2D eigenvalue weighted by Crippen LogP contribution is 2.23. The van der Waals surface area contributed by atoms with Gasteiger partial charge < -0.3 is 25.0 Å². The molecule has 33 heavy (non-hydrogen) atoms. The fraction of sp³-hybridized carbons (Fsp3) is 0.435. The monoisotopic (exact) mass is 456 g/mol. The Morgan fingerprint density at radius 2 is 1.79 bits per heavy atom. The zero-order valence-electron chi connectivity index (χ0n) is 19.3. The third-order valence-corrected chi connectivity index (χ3v) is 4.22. The van der Waals surface area contributed by atoms with Crippen LogP contribution in [0.4, 0.5) is 4.79 Å². The van der Waals surface area contributed by atoms with Crippen molar-refractivity contribution in [2.24, 2.45) is 0 Å². The first kappa shape index (κ1) is 27.0. The number of hydrogen-bond donors (Lipinski definition) is 2. The second-order valence-corrected chi connectivity index (χ2v) is 7.95. The second-order valence-electron chi connectivity index (χ2n) is 7.95. The van der Waals surface area contributed by atoms with Crippen LogP contribution >= 0.6 is 0 Å². The maximum Gasteiger partial charge on any atom is 0.408 e. The van der Waals surface area contributed by atoms with E-state index < -0.39 is 54.7 Å². The van der Waals surface area contributed by atoms with Crippen molar-refractivity contribution in [2.75, 3.05) is 20.2 Å². The van der Waals surface area contributed by atoms with E-state index in [4.69, 9.17) is 11.2 Å². The van der Waals surface area contributed by atoms with Crippen LogP contribution in [0.2, 0.25) is 0 Å². The molecule has 0 saturated heterocycles. The molecule has 0 aliphatic heterocycles. The van der Waals surface area contributed by atoms with Crippen molar-refractivity contribution in [2.45, 2.75) is 45.4 Å². The number of nitriles is 1. The van der Waals surface area contributed by atoms with E-state index in [2.05, 4.69) is 21.3 Å². The molecule has 0 heterocycles. The number of nitrogens with zero attached hydrogens (tertiary/aromatic N) is 2. The van der Waals surface area contributed by atoms with Crippen LogP contribution in [0, 0.1) is 23.7 Å². The topological polar surface area (TPSA) is 138 Å². The molecule has 176 valence electrons. The number of alkyl carbamates (subject to hydrolysis) is 1. The average molecular weight is 456 g/mol. The summed E-state index contributed by atoms with van der Waals surface area (Å²) in [6, 6.07) is 5.70. The quantitative estimate of drug-likeness (QED) is 0.341. The Morgan fingerprint density at radius 1 is 1.18 bits per heavy atom. The molecule has 1 rings (SSSR count). The number of rotatable bonds is 8. The number of ether oxygens (including phenoxy) is 2. The van der Waals surface area contributed by atoms with Gasteiger partial charge in [-0.1, -0.05) is 18.1 Å². The van der Waals surface area contributed by atoms with Crippen LogP contribution in [0.25, 0.3) is 0 Å². The van der Waals surface area contributed by atoms with E-state index in [1.807, 2.05) is 6.07 Å². The Balaban J connectivity index is 3.27. The van der Waals surface area contributed by atoms with Crippen molar-refractivity contribution in [3.8, 4) is 18.4 Å². The summed E-state index contributed by atoms with van der Waals surface area (Å²) >= 11 is 0. The molecule has 0 aliphatic rings. The Morgan fingerprint density at radius 3 is 2.27 bits per heavy atom. The number of methoxy groups -OCH3 is 1. The van der Waals surface area contributed by atoms with Crippen molar-refractivity contribution >= 4 is 23.9 Å². The first-order chi connectivity index (χ1) is 15.4. The predicted octanol–water partition coefficient (Wildman–Crippen LogP) is 1.26. The molecule has 1 aromatic rings. The highest BCUT2D eigenvalue weighted by Gasteiger charge is 2.34. The molecule has 2 N–H and O–H groups in total. The van der Waals surface area contributed by atoms with Crippen molar-refractivity contribution in [3.05, 3.63) is 35.4 Å². The van der Waals surface area contributed by atoms with Crippen LogP contribution in [-0.2, 0) is 23.9 Å². The van der Waals surface area contributed by atoms with Crippen LogP contribution in [0.5, 0.6) is 0 Å². The van der Waals surface area contributed by atoms with E-state index in [0.29, 0.717) is 11.1 Å². The normalized spacial score (nSPS) is 12.2. The molecule has 2 unspecified atom stereocenters. The molecule has 0 saturated carbocycles. The summed E-state index contributed by atoms with van der Waals surface area (Å²) in [5.41, 5.74) is 0.115. The van der Waals surface area contributed by atoms with Crippen LogP contribution in [0.15, 0.2) is 24.3 Å². The lowest BCUT2D eigenvalue weighted by molar-refractivity contribution is -0.144. The molecular formula is C23H28N4O6. The summed E-state index contributed by atoms with van der Waals surface area (Å²) in [5, 5.41) is 14.1. The van der Waals surface area contributed by atoms with Gasteiger partial charge in [-0.3, -0.25) is 14.4 Å². The third kappa shape index (κ3) is 8.54. The Labute approximate surface area is 193 Å². The number of terminal acetylenes is 1. The second kappa shape index (κ2) is 12.1. The summed E-state index contributed by atoms with van der Waals surface area (Å²) < 4.78 is 9.68. The maximum absolute atomic E-state index is 13.2. The van der Waals surface area contributed by atoms with E-state index in [0.717, 1.165) is 4.90 Å². The van der Waals surface area contributed by atoms with Crippen LogP contribution in [0.1, 0.15) is 44.9 Å². The van der Waals surface area contributed by atoms with E-state index in [1.54, 1.807) is 45.0 Å². The molecular weight excluding hydrogens is 428 g/mol. The van der Waals surface area contributed by atoms with Gasteiger partial charge in [0.2, 0.25) is 11.8 Å². The minimum absolute atomic E-state index is 0.351. The fourth-order valence-electron chi connectivity index (χ4n) is 2.73. The van der Waals surface area contributed by atoms with Gasteiger partial charge in [0.25, 0.3) is 0 Å². The lowest BCUT2D eigenvalue weighted by Gasteiger charge is -2.31. The molecule has 10 nitrogen and oxygen atoms in total. The number of carbonyl (C=O) groups excluding carboxylic acids is 4. The standard InChI is InChI=1S/C23H28N4O6/c1-7-16-8-10-17(11-9-16)19(20(29)25-14-18(28)32-6)27(13-12-24)21(30)15(2)26-22(31)33-23(3,4)5/h1,8-11,15,19H,13-14H2,2-6H3,(H,25,29)(H,26,31). The maximum atomic E-state index is 13.2. The van der Waals surface area contributed by atoms with E-state index in [-0.39, 0.29) is 0 Å². The Kier molecular flexibility index (Phi) is 9.90. The number of amides is 3. The molecule has 0 bridgehead atoms. The van der Waals surface area contributed by atoms with Gasteiger partial charge in [-0.2, -0.15) is 5.26 Å². The molecule has 2 atom stereocenters. The smallest absolute Gasteiger partial charge is 0.408 e. The number of hydrogen-bond acceptors (Lipinski definition) is 7. The minimum Gasteiger partial charge on any atom is -0.468 e. The summed E-state index contributed by atoms with van der Waals surface area (Å²) in [4.78, 5) is 50.7. The highest BCUT2D eigenvalue weighted by atomic mass is 16.6. The molecule has 0 fully saturated rings. The average Bonchev–Trinajstić information content (AvgIpc) is 2.75. The van der Waals surface area contributed by atoms with Gasteiger partial charge in [-0.15, -0.1) is 6.42 Å². The van der Waals surface area contributed by atoms with Gasteiger partial charge in [0, 0.05) is 5.56 Å². The first-order valence-electron chi connectivity index (χ1n) is 10.0. The number of carbonyl (C=O) groups is 4. The lowest BCUT2D eigenvalue weighted by Crippen LogP contribution is -2.52. The van der Waals surface area contributed by atoms with Gasteiger partial charge in [0.15, 0.2) is 0 Å². The van der Waals surface area contributed by atoms with Crippen molar-refractivity contribution in [3.63, 3.8) is 0 Å². The number of benzene rings is 1. The van der Waals surface area contributed by atoms with Gasteiger partial charge in [-0.25, -0.2) is 4.79 Å². The first-order valence-corrected chi connectivity index (χ1v) is 10.0. The van der Waals surface area contributed by atoms with Gasteiger partial charge in [0.1, 0.15) is 30.8 Å². The summed E-state index contributed by atoms with van der Waals surface area (Å²) in [6.45, 7) is 5.51. The van der Waals surface area contributed by atoms with Crippen molar-refractivity contribution in [1.29, 1.82) is 5.26 Å². The third-order valence-electron chi connectivity index (χ3n) is 4.22. The van der Waals surface area contributed by atoms with Gasteiger partial charge >= 0.3 is 12.1 Å². The zero-order chi connectivity index (χ0) is 25.2. The highest BCUT2D eigenvalue weighted by molar-refractivity contribution is 5.93. The molecule has 0 aromatic heterocycles. The molecule has 0 spiro atoms. The molecule has 10 heteroatoms. The lowest BCUT2D eigenvalue weighted by atomic mass is 10.0. The predicted molar refractivity (Wildman–Crippen MR) is 118 cm³/mol. The molecule has 3 amide bonds. The van der Waals surface area contributed by atoms with Crippen LogP contribution < -0.4 is 10.6 Å². The van der Waals surface area contributed by atoms with E-state index >= 15 is 0 Å². The zero-order valence-corrected chi connectivity index (χ0v) is 19.3. The summed E-state index contributed by atoms with van der Waals surface area (Å²) in [5.74, 6) is 0.331. The Bertz CT molecular complexity index is 953. The summed E-state index contributed by atoms with van der Waals surface area (Å²) in [6.07, 6.45) is 4.55. The minimum atomic E-state index is -1.28. The van der Waals surface area contributed by atoms with Crippen molar-refractivity contribution in [1.82, 2.24) is 15.5 Å². The van der Waals surface area contributed by atoms with E-state index in [9.17, 15) is 24.4 Å². The summed E-state index contributed by atoms with van der Waals surface area (Å²) in [7, 11) is 1.17. The SMILES string of the molecule is C#Cc1ccc(C(C(=O)NCC(=O)OC)N(CC#N)C(=O)C(C)NC(=O)OC(C)(C)C)cc1. The van der Waals surface area contributed by atoms with Crippen LogP contribution in [0.3, 0.4) is 0 Å². The molecule has 0 radical (unpaired) electrons. The number of esters is 1. The van der Waals surface area contributed by atoms with Gasteiger partial charge in [-0.05, 0) is 45.4 Å². The van der Waals surface area contributed by atoms with Crippen LogP contribution in [-0.4, -0.2) is 60.6 Å². The molecule has 0 aliphatic carbocycles. The Hall–Kier alpha value is -4.05. The van der Waals surface area contributed by atoms with Crippen molar-refractivity contribution < 1.29 is 28.7 Å². The largest absolute Gasteiger partial charge is 0.468 e. The van der Waals surface area contributed by atoms with E-state index in [1.165, 1.54) is 14.0 Å². The number of nitrogens with one attached hydrogen (secondary N) is 2. The fourth-order valence-corrected chi connectivity index (χ4v) is 2.73. The van der Waals surface area contributed by atoms with Gasteiger partial charge in [0.05, 0.1) is 13.2 Å².